The van der Waals surface area contributed by atoms with Gasteiger partial charge in [0.15, 0.2) is 0 Å². The number of benzene rings is 2. The summed E-state index contributed by atoms with van der Waals surface area (Å²) in [5.74, 6) is 1.98. The topological polar surface area (TPSA) is 65.4 Å². The molecular weight excluding hydrogens is 378 g/mol. The molecule has 0 aliphatic heterocycles. The number of fused-ring (bicyclic) bond motifs is 1. The number of carbonyl (C=O) groups is 1. The molecule has 3 aromatic rings. The SMILES string of the molecule is COc1ccc(CC(=O)Nc2c(C)cnn2C2CCCc3ccccc32)c(OC)c1. The second-order valence-electron chi connectivity index (χ2n) is 7.63. The summed E-state index contributed by atoms with van der Waals surface area (Å²) < 4.78 is 12.6. The summed E-state index contributed by atoms with van der Waals surface area (Å²) in [6, 6.07) is 14.1. The zero-order valence-corrected chi connectivity index (χ0v) is 17.6. The van der Waals surface area contributed by atoms with Crippen molar-refractivity contribution in [1.29, 1.82) is 0 Å². The molecule has 0 saturated heterocycles. The molecule has 156 valence electrons. The van der Waals surface area contributed by atoms with Crippen molar-refractivity contribution in [3.05, 3.63) is 70.9 Å². The average Bonchev–Trinajstić information content (AvgIpc) is 3.13. The number of rotatable bonds is 6. The number of nitrogens with zero attached hydrogens (tertiary/aromatic N) is 2. The van der Waals surface area contributed by atoms with E-state index in [1.165, 1.54) is 11.1 Å². The molecule has 6 heteroatoms. The second kappa shape index (κ2) is 8.61. The molecule has 2 aromatic carbocycles. The van der Waals surface area contributed by atoms with Crippen LogP contribution in [0.25, 0.3) is 0 Å². The fraction of sp³-hybridized carbons (Fsp3) is 0.333. The molecule has 0 saturated carbocycles. The van der Waals surface area contributed by atoms with Crippen LogP contribution in [0, 0.1) is 6.92 Å². The van der Waals surface area contributed by atoms with Crippen LogP contribution in [0.15, 0.2) is 48.7 Å². The first kappa shape index (κ1) is 20.0. The number of aromatic nitrogens is 2. The van der Waals surface area contributed by atoms with E-state index in [1.807, 2.05) is 29.9 Å². The van der Waals surface area contributed by atoms with Crippen LogP contribution in [0.1, 0.15) is 41.1 Å². The summed E-state index contributed by atoms with van der Waals surface area (Å²) in [6.07, 6.45) is 5.23. The fourth-order valence-corrected chi connectivity index (χ4v) is 4.17. The molecule has 1 N–H and O–H groups in total. The summed E-state index contributed by atoms with van der Waals surface area (Å²) in [5, 5.41) is 7.71. The summed E-state index contributed by atoms with van der Waals surface area (Å²) in [6.45, 7) is 1.97. The predicted molar refractivity (Wildman–Crippen MR) is 116 cm³/mol. The number of hydrogen-bond acceptors (Lipinski definition) is 4. The number of anilines is 1. The van der Waals surface area contributed by atoms with Crippen molar-refractivity contribution in [1.82, 2.24) is 9.78 Å². The fourth-order valence-electron chi connectivity index (χ4n) is 4.17. The summed E-state index contributed by atoms with van der Waals surface area (Å²) in [5.41, 5.74) is 4.41. The number of methoxy groups -OCH3 is 2. The van der Waals surface area contributed by atoms with Crippen LogP contribution in [0.5, 0.6) is 11.5 Å². The van der Waals surface area contributed by atoms with Crippen LogP contribution < -0.4 is 14.8 Å². The maximum Gasteiger partial charge on any atom is 0.230 e. The minimum Gasteiger partial charge on any atom is -0.497 e. The highest BCUT2D eigenvalue weighted by molar-refractivity contribution is 5.92. The third kappa shape index (κ3) is 3.90. The van der Waals surface area contributed by atoms with Gasteiger partial charge in [0, 0.05) is 17.2 Å². The minimum absolute atomic E-state index is 0.104. The Morgan fingerprint density at radius 1 is 1.20 bits per heavy atom. The molecule has 0 spiro atoms. The lowest BCUT2D eigenvalue weighted by Gasteiger charge is -2.27. The molecule has 1 heterocycles. The lowest BCUT2D eigenvalue weighted by molar-refractivity contribution is -0.115. The quantitative estimate of drug-likeness (QED) is 0.663. The first-order valence-electron chi connectivity index (χ1n) is 10.2. The number of hydrogen-bond donors (Lipinski definition) is 1. The molecule has 1 aliphatic rings. The van der Waals surface area contributed by atoms with Gasteiger partial charge in [0.1, 0.15) is 17.3 Å². The molecule has 0 fully saturated rings. The molecule has 4 rings (SSSR count). The Labute approximate surface area is 176 Å². The van der Waals surface area contributed by atoms with E-state index in [2.05, 4.69) is 34.7 Å². The van der Waals surface area contributed by atoms with Crippen molar-refractivity contribution >= 4 is 11.7 Å². The van der Waals surface area contributed by atoms with E-state index in [0.29, 0.717) is 11.5 Å². The van der Waals surface area contributed by atoms with E-state index < -0.39 is 0 Å². The van der Waals surface area contributed by atoms with E-state index in [0.717, 1.165) is 36.2 Å². The van der Waals surface area contributed by atoms with Gasteiger partial charge in [0.05, 0.1) is 32.9 Å². The van der Waals surface area contributed by atoms with Crippen LogP contribution in [-0.2, 0) is 17.6 Å². The smallest absolute Gasteiger partial charge is 0.230 e. The van der Waals surface area contributed by atoms with Crippen molar-refractivity contribution in [2.45, 2.75) is 38.6 Å². The second-order valence-corrected chi connectivity index (χ2v) is 7.63. The third-order valence-corrected chi connectivity index (χ3v) is 5.71. The molecule has 6 nitrogen and oxygen atoms in total. The first-order valence-corrected chi connectivity index (χ1v) is 10.2. The standard InChI is InChI=1S/C24H27N3O3/c1-16-15-25-27(21-10-6-8-17-7-4-5-9-20(17)21)24(16)26-23(28)13-18-11-12-19(29-2)14-22(18)30-3/h4-5,7,9,11-12,14-15,21H,6,8,10,13H2,1-3H3,(H,26,28). The average molecular weight is 405 g/mol. The van der Waals surface area contributed by atoms with Crippen LogP contribution in [0.2, 0.25) is 0 Å². The van der Waals surface area contributed by atoms with E-state index in [-0.39, 0.29) is 18.4 Å². The number of amides is 1. The van der Waals surface area contributed by atoms with E-state index in [9.17, 15) is 4.79 Å². The van der Waals surface area contributed by atoms with Crippen molar-refractivity contribution < 1.29 is 14.3 Å². The van der Waals surface area contributed by atoms with E-state index >= 15 is 0 Å². The molecular formula is C24H27N3O3. The molecule has 30 heavy (non-hydrogen) atoms. The zero-order valence-electron chi connectivity index (χ0n) is 17.6. The monoisotopic (exact) mass is 405 g/mol. The van der Waals surface area contributed by atoms with Crippen molar-refractivity contribution in [3.8, 4) is 11.5 Å². The lowest BCUT2D eigenvalue weighted by Crippen LogP contribution is -2.23. The third-order valence-electron chi connectivity index (χ3n) is 5.71. The summed E-state index contributed by atoms with van der Waals surface area (Å²) >= 11 is 0. The van der Waals surface area contributed by atoms with Crippen LogP contribution in [0.3, 0.4) is 0 Å². The Morgan fingerprint density at radius 3 is 2.83 bits per heavy atom. The van der Waals surface area contributed by atoms with Gasteiger partial charge in [0.25, 0.3) is 0 Å². The Morgan fingerprint density at radius 2 is 2.03 bits per heavy atom. The van der Waals surface area contributed by atoms with E-state index in [4.69, 9.17) is 9.47 Å². The number of ether oxygens (including phenoxy) is 2. The first-order chi connectivity index (χ1) is 14.6. The van der Waals surface area contributed by atoms with Gasteiger partial charge in [-0.05, 0) is 43.4 Å². The molecule has 0 bridgehead atoms. The molecule has 1 aromatic heterocycles. The normalized spacial score (nSPS) is 15.4. The van der Waals surface area contributed by atoms with E-state index in [1.54, 1.807) is 20.3 Å². The number of aryl methyl sites for hydroxylation is 2. The lowest BCUT2D eigenvalue weighted by atomic mass is 9.88. The molecule has 1 amide bonds. The van der Waals surface area contributed by atoms with Gasteiger partial charge in [0.2, 0.25) is 5.91 Å². The van der Waals surface area contributed by atoms with Gasteiger partial charge in [-0.25, -0.2) is 4.68 Å². The Hall–Kier alpha value is -3.28. The number of carbonyl (C=O) groups excluding carboxylic acids is 1. The zero-order chi connectivity index (χ0) is 21.1. The summed E-state index contributed by atoms with van der Waals surface area (Å²) in [4.78, 5) is 12.9. The Bertz CT molecular complexity index is 1060. The van der Waals surface area contributed by atoms with Gasteiger partial charge in [-0.15, -0.1) is 0 Å². The molecule has 0 radical (unpaired) electrons. The minimum atomic E-state index is -0.104. The summed E-state index contributed by atoms with van der Waals surface area (Å²) in [7, 11) is 3.20. The van der Waals surface area contributed by atoms with Gasteiger partial charge < -0.3 is 14.8 Å². The maximum atomic E-state index is 12.9. The number of nitrogens with one attached hydrogen (secondary N) is 1. The Balaban J connectivity index is 1.57. The molecule has 1 aliphatic carbocycles. The van der Waals surface area contributed by atoms with Crippen molar-refractivity contribution in [2.75, 3.05) is 19.5 Å². The molecule has 1 atom stereocenters. The Kier molecular flexibility index (Phi) is 5.74. The maximum absolute atomic E-state index is 12.9. The highest BCUT2D eigenvalue weighted by Crippen LogP contribution is 2.35. The van der Waals surface area contributed by atoms with Gasteiger partial charge >= 0.3 is 0 Å². The van der Waals surface area contributed by atoms with Crippen molar-refractivity contribution in [3.63, 3.8) is 0 Å². The van der Waals surface area contributed by atoms with Crippen LogP contribution in [-0.4, -0.2) is 29.9 Å². The largest absolute Gasteiger partial charge is 0.497 e. The highest BCUT2D eigenvalue weighted by Gasteiger charge is 2.25. The highest BCUT2D eigenvalue weighted by atomic mass is 16.5. The van der Waals surface area contributed by atoms with Gasteiger partial charge in [-0.2, -0.15) is 5.10 Å². The van der Waals surface area contributed by atoms with Crippen LogP contribution in [0.4, 0.5) is 5.82 Å². The van der Waals surface area contributed by atoms with Crippen molar-refractivity contribution in [2.24, 2.45) is 0 Å². The van der Waals surface area contributed by atoms with Crippen LogP contribution >= 0.6 is 0 Å². The molecule has 1 unspecified atom stereocenters. The van der Waals surface area contributed by atoms with Gasteiger partial charge in [-0.1, -0.05) is 30.3 Å². The van der Waals surface area contributed by atoms with Gasteiger partial charge in [-0.3, -0.25) is 4.79 Å². The predicted octanol–water partition coefficient (Wildman–Crippen LogP) is 4.32.